The second-order valence-electron chi connectivity index (χ2n) is 8.86. The Balaban J connectivity index is 1.63. The molecule has 7 nitrogen and oxygen atoms in total. The van der Waals surface area contributed by atoms with Crippen molar-refractivity contribution in [2.45, 2.75) is 71.4 Å². The SMILES string of the molecule is CCC(NCC1CN(C(=O)OCC(C)C)C1)C(O)C(=O)NCC1CCCCC1. The monoisotopic (exact) mass is 397 g/mol. The first-order valence-corrected chi connectivity index (χ1v) is 11.0. The van der Waals surface area contributed by atoms with Crippen LogP contribution in [0.15, 0.2) is 0 Å². The zero-order valence-corrected chi connectivity index (χ0v) is 17.8. The van der Waals surface area contributed by atoms with Crippen molar-refractivity contribution in [1.29, 1.82) is 0 Å². The summed E-state index contributed by atoms with van der Waals surface area (Å²) in [6.07, 6.45) is 5.50. The van der Waals surface area contributed by atoms with E-state index in [2.05, 4.69) is 10.6 Å². The fourth-order valence-electron chi connectivity index (χ4n) is 3.90. The molecule has 162 valence electrons. The number of carbonyl (C=O) groups excluding carboxylic acids is 2. The Labute approximate surface area is 169 Å². The van der Waals surface area contributed by atoms with E-state index >= 15 is 0 Å². The summed E-state index contributed by atoms with van der Waals surface area (Å²) in [6.45, 7) is 9.09. The first kappa shape index (κ1) is 22.9. The van der Waals surface area contributed by atoms with Crippen LogP contribution in [0, 0.1) is 17.8 Å². The van der Waals surface area contributed by atoms with Crippen LogP contribution in [-0.4, -0.2) is 66.9 Å². The van der Waals surface area contributed by atoms with Gasteiger partial charge >= 0.3 is 6.09 Å². The molecule has 1 heterocycles. The largest absolute Gasteiger partial charge is 0.449 e. The van der Waals surface area contributed by atoms with Gasteiger partial charge in [-0.05, 0) is 31.1 Å². The molecule has 2 amide bonds. The first-order chi connectivity index (χ1) is 13.4. The standard InChI is InChI=1S/C21H39N3O4/c1-4-18(19(25)20(26)23-10-16-8-6-5-7-9-16)22-11-17-12-24(13-17)21(27)28-14-15(2)3/h15-19,22,25H,4-14H2,1-3H3,(H,23,26). The first-order valence-electron chi connectivity index (χ1n) is 11.0. The highest BCUT2D eigenvalue weighted by atomic mass is 16.6. The van der Waals surface area contributed by atoms with Gasteiger partial charge in [0.25, 0.3) is 0 Å². The van der Waals surface area contributed by atoms with E-state index in [4.69, 9.17) is 4.74 Å². The number of aliphatic hydroxyl groups excluding tert-OH is 1. The van der Waals surface area contributed by atoms with Crippen LogP contribution < -0.4 is 10.6 Å². The van der Waals surface area contributed by atoms with Gasteiger partial charge < -0.3 is 25.4 Å². The summed E-state index contributed by atoms with van der Waals surface area (Å²) in [4.78, 5) is 25.9. The van der Waals surface area contributed by atoms with E-state index in [1.807, 2.05) is 20.8 Å². The van der Waals surface area contributed by atoms with Gasteiger partial charge in [0, 0.05) is 38.1 Å². The number of nitrogens with one attached hydrogen (secondary N) is 2. The Morgan fingerprint density at radius 1 is 1.11 bits per heavy atom. The predicted molar refractivity (Wildman–Crippen MR) is 109 cm³/mol. The van der Waals surface area contributed by atoms with Crippen molar-refractivity contribution < 1.29 is 19.4 Å². The van der Waals surface area contributed by atoms with Crippen molar-refractivity contribution in [3.8, 4) is 0 Å². The van der Waals surface area contributed by atoms with E-state index in [0.29, 0.717) is 57.0 Å². The molecule has 1 saturated heterocycles. The number of aliphatic hydroxyl groups is 1. The molecule has 2 unspecified atom stereocenters. The van der Waals surface area contributed by atoms with Gasteiger partial charge in [-0.2, -0.15) is 0 Å². The average molecular weight is 398 g/mol. The third kappa shape index (κ3) is 7.24. The minimum atomic E-state index is -1.04. The Kier molecular flexibility index (Phi) is 9.51. The maximum atomic E-state index is 12.3. The van der Waals surface area contributed by atoms with Crippen LogP contribution >= 0.6 is 0 Å². The summed E-state index contributed by atoms with van der Waals surface area (Å²) < 4.78 is 5.22. The summed E-state index contributed by atoms with van der Waals surface area (Å²) >= 11 is 0. The summed E-state index contributed by atoms with van der Waals surface area (Å²) in [7, 11) is 0. The fraction of sp³-hybridized carbons (Fsp3) is 0.905. The molecule has 2 fully saturated rings. The Hall–Kier alpha value is -1.34. The predicted octanol–water partition coefficient (Wildman–Crippen LogP) is 2.14. The lowest BCUT2D eigenvalue weighted by molar-refractivity contribution is -0.131. The van der Waals surface area contributed by atoms with Gasteiger partial charge in [-0.25, -0.2) is 4.79 Å². The maximum absolute atomic E-state index is 12.3. The lowest BCUT2D eigenvalue weighted by Crippen LogP contribution is -2.56. The van der Waals surface area contributed by atoms with Crippen molar-refractivity contribution >= 4 is 12.0 Å². The van der Waals surface area contributed by atoms with Crippen molar-refractivity contribution in [2.24, 2.45) is 17.8 Å². The number of nitrogens with zero attached hydrogens (tertiary/aromatic N) is 1. The molecule has 2 aliphatic rings. The highest BCUT2D eigenvalue weighted by Gasteiger charge is 2.33. The van der Waals surface area contributed by atoms with E-state index in [0.717, 1.165) is 0 Å². The number of carbonyl (C=O) groups is 2. The normalized spacial score (nSPS) is 20.5. The minimum absolute atomic E-state index is 0.251. The van der Waals surface area contributed by atoms with Crippen LogP contribution in [0.1, 0.15) is 59.3 Å². The van der Waals surface area contributed by atoms with Crippen molar-refractivity contribution in [2.75, 3.05) is 32.8 Å². The number of rotatable bonds is 10. The smallest absolute Gasteiger partial charge is 0.409 e. The van der Waals surface area contributed by atoms with Crippen LogP contribution in [0.2, 0.25) is 0 Å². The van der Waals surface area contributed by atoms with Crippen LogP contribution in [0.3, 0.4) is 0 Å². The van der Waals surface area contributed by atoms with Crippen molar-refractivity contribution in [3.05, 3.63) is 0 Å². The highest BCUT2D eigenvalue weighted by Crippen LogP contribution is 2.22. The van der Waals surface area contributed by atoms with Gasteiger partial charge in [0.2, 0.25) is 5.91 Å². The summed E-state index contributed by atoms with van der Waals surface area (Å²) in [5, 5.41) is 16.7. The second kappa shape index (κ2) is 11.6. The number of likely N-dealkylation sites (tertiary alicyclic amines) is 1. The van der Waals surface area contributed by atoms with Gasteiger partial charge in [-0.3, -0.25) is 4.79 Å². The average Bonchev–Trinajstić information content (AvgIpc) is 2.66. The van der Waals surface area contributed by atoms with E-state index < -0.39 is 6.10 Å². The molecule has 2 atom stereocenters. The topological polar surface area (TPSA) is 90.9 Å². The Morgan fingerprint density at radius 2 is 1.79 bits per heavy atom. The molecule has 0 bridgehead atoms. The van der Waals surface area contributed by atoms with Crippen LogP contribution in [-0.2, 0) is 9.53 Å². The van der Waals surface area contributed by atoms with Gasteiger partial charge in [0.1, 0.15) is 6.10 Å². The van der Waals surface area contributed by atoms with Crippen LogP contribution in [0.25, 0.3) is 0 Å². The number of ether oxygens (including phenoxy) is 1. The summed E-state index contributed by atoms with van der Waals surface area (Å²) in [6, 6.07) is -0.270. The fourth-order valence-corrected chi connectivity index (χ4v) is 3.90. The molecular formula is C21H39N3O4. The van der Waals surface area contributed by atoms with E-state index in [-0.39, 0.29) is 18.0 Å². The molecule has 1 aliphatic carbocycles. The van der Waals surface area contributed by atoms with E-state index in [1.165, 1.54) is 32.1 Å². The third-order valence-corrected chi connectivity index (χ3v) is 5.80. The van der Waals surface area contributed by atoms with Gasteiger partial charge in [-0.1, -0.05) is 40.0 Å². The van der Waals surface area contributed by atoms with Crippen LogP contribution in [0.5, 0.6) is 0 Å². The highest BCUT2D eigenvalue weighted by molar-refractivity contribution is 5.81. The molecule has 0 spiro atoms. The molecule has 1 aliphatic heterocycles. The summed E-state index contributed by atoms with van der Waals surface area (Å²) in [5.41, 5.74) is 0. The molecule has 7 heteroatoms. The summed E-state index contributed by atoms with van der Waals surface area (Å²) in [5.74, 6) is 0.934. The Bertz CT molecular complexity index is 488. The molecule has 0 aromatic rings. The molecule has 28 heavy (non-hydrogen) atoms. The molecular weight excluding hydrogens is 358 g/mol. The lowest BCUT2D eigenvalue weighted by Gasteiger charge is -2.39. The second-order valence-corrected chi connectivity index (χ2v) is 8.86. The number of hydrogen-bond acceptors (Lipinski definition) is 5. The van der Waals surface area contributed by atoms with Gasteiger partial charge in [0.05, 0.1) is 6.61 Å². The Morgan fingerprint density at radius 3 is 2.39 bits per heavy atom. The number of amides is 2. The van der Waals surface area contributed by atoms with Crippen molar-refractivity contribution in [1.82, 2.24) is 15.5 Å². The number of hydrogen-bond donors (Lipinski definition) is 3. The molecule has 0 aromatic carbocycles. The van der Waals surface area contributed by atoms with Crippen molar-refractivity contribution in [3.63, 3.8) is 0 Å². The van der Waals surface area contributed by atoms with Crippen LogP contribution in [0.4, 0.5) is 4.79 Å². The quantitative estimate of drug-likeness (QED) is 0.525. The van der Waals surface area contributed by atoms with Gasteiger partial charge in [0.15, 0.2) is 0 Å². The lowest BCUT2D eigenvalue weighted by atomic mass is 9.89. The molecule has 0 aromatic heterocycles. The minimum Gasteiger partial charge on any atom is -0.449 e. The molecule has 3 N–H and O–H groups in total. The van der Waals surface area contributed by atoms with E-state index in [9.17, 15) is 14.7 Å². The molecule has 2 rings (SSSR count). The third-order valence-electron chi connectivity index (χ3n) is 5.80. The van der Waals surface area contributed by atoms with E-state index in [1.54, 1.807) is 4.90 Å². The molecule has 0 radical (unpaired) electrons. The zero-order valence-electron chi connectivity index (χ0n) is 17.8. The molecule has 1 saturated carbocycles. The van der Waals surface area contributed by atoms with Gasteiger partial charge in [-0.15, -0.1) is 0 Å². The zero-order chi connectivity index (χ0) is 20.5. The maximum Gasteiger partial charge on any atom is 0.409 e.